The van der Waals surface area contributed by atoms with Crippen molar-refractivity contribution in [3.8, 4) is 0 Å². The maximum Gasteiger partial charge on any atom is 0.331 e. The highest BCUT2D eigenvalue weighted by Crippen LogP contribution is 2.09. The van der Waals surface area contributed by atoms with Gasteiger partial charge < -0.3 is 4.74 Å². The summed E-state index contributed by atoms with van der Waals surface area (Å²) in [5.74, 6) is -1.40. The van der Waals surface area contributed by atoms with E-state index in [1.807, 2.05) is 30.3 Å². The second-order valence-electron chi connectivity index (χ2n) is 4.69. The van der Waals surface area contributed by atoms with Crippen molar-refractivity contribution >= 4 is 17.8 Å². The fourth-order valence-corrected chi connectivity index (χ4v) is 1.84. The monoisotopic (exact) mass is 298 g/mol. The van der Waals surface area contributed by atoms with E-state index in [-0.39, 0.29) is 5.78 Å². The molecule has 3 nitrogen and oxygen atoms in total. The largest absolute Gasteiger partial charge is 0.451 e. The maximum atomic E-state index is 12.8. The van der Waals surface area contributed by atoms with Crippen LogP contribution in [-0.4, -0.2) is 17.9 Å². The third-order valence-corrected chi connectivity index (χ3v) is 3.00. The van der Waals surface area contributed by atoms with Crippen LogP contribution in [0.1, 0.15) is 22.8 Å². The van der Waals surface area contributed by atoms with Crippen LogP contribution >= 0.6 is 0 Å². The number of carbonyl (C=O) groups is 2. The molecule has 0 aliphatic heterocycles. The number of esters is 1. The number of carbonyl (C=O) groups excluding carboxylic acids is 2. The van der Waals surface area contributed by atoms with Gasteiger partial charge in [-0.2, -0.15) is 0 Å². The molecule has 4 heteroatoms. The third kappa shape index (κ3) is 4.38. The SMILES string of the molecule is CC(OC(=O)/C=C/c1ccccc1)C(=O)c1ccc(F)cc1. The second-order valence-corrected chi connectivity index (χ2v) is 4.69. The Labute approximate surface area is 128 Å². The van der Waals surface area contributed by atoms with Crippen molar-refractivity contribution in [3.63, 3.8) is 0 Å². The van der Waals surface area contributed by atoms with Gasteiger partial charge in [0.15, 0.2) is 6.10 Å². The third-order valence-electron chi connectivity index (χ3n) is 3.00. The highest BCUT2D eigenvalue weighted by molar-refractivity contribution is 6.01. The molecule has 1 atom stereocenters. The molecule has 0 saturated carbocycles. The Hall–Kier alpha value is -2.75. The molecule has 0 aliphatic rings. The van der Waals surface area contributed by atoms with Gasteiger partial charge in [-0.1, -0.05) is 30.3 Å². The minimum absolute atomic E-state index is 0.300. The van der Waals surface area contributed by atoms with Gasteiger partial charge in [0.1, 0.15) is 5.82 Å². The lowest BCUT2D eigenvalue weighted by Crippen LogP contribution is -2.23. The van der Waals surface area contributed by atoms with E-state index in [1.54, 1.807) is 6.08 Å². The summed E-state index contributed by atoms with van der Waals surface area (Å²) in [4.78, 5) is 23.7. The number of ketones is 1. The lowest BCUT2D eigenvalue weighted by molar-refractivity contribution is -0.140. The molecule has 22 heavy (non-hydrogen) atoms. The van der Waals surface area contributed by atoms with E-state index in [2.05, 4.69) is 0 Å². The Morgan fingerprint density at radius 3 is 2.32 bits per heavy atom. The van der Waals surface area contributed by atoms with E-state index in [0.29, 0.717) is 5.56 Å². The van der Waals surface area contributed by atoms with E-state index in [1.165, 1.54) is 37.3 Å². The summed E-state index contributed by atoms with van der Waals surface area (Å²) in [6.07, 6.45) is 1.94. The average Bonchev–Trinajstić information content (AvgIpc) is 2.54. The van der Waals surface area contributed by atoms with E-state index in [0.717, 1.165) is 5.56 Å². The molecule has 2 aromatic rings. The van der Waals surface area contributed by atoms with Crippen molar-refractivity contribution in [2.24, 2.45) is 0 Å². The highest BCUT2D eigenvalue weighted by atomic mass is 19.1. The fraction of sp³-hybridized carbons (Fsp3) is 0.111. The molecule has 0 aliphatic carbocycles. The number of benzene rings is 2. The van der Waals surface area contributed by atoms with E-state index < -0.39 is 17.9 Å². The van der Waals surface area contributed by atoms with Crippen LogP contribution in [-0.2, 0) is 9.53 Å². The number of Topliss-reactive ketones (excluding diaryl/α,β-unsaturated/α-hetero) is 1. The molecular weight excluding hydrogens is 283 g/mol. The van der Waals surface area contributed by atoms with Crippen LogP contribution in [0, 0.1) is 5.82 Å². The van der Waals surface area contributed by atoms with E-state index >= 15 is 0 Å². The number of hydrogen-bond acceptors (Lipinski definition) is 3. The first-order chi connectivity index (χ1) is 10.6. The summed E-state index contributed by atoms with van der Waals surface area (Å²) in [6, 6.07) is 14.4. The van der Waals surface area contributed by atoms with Gasteiger partial charge in [-0.15, -0.1) is 0 Å². The van der Waals surface area contributed by atoms with Gasteiger partial charge >= 0.3 is 5.97 Å². The zero-order valence-corrected chi connectivity index (χ0v) is 12.0. The number of hydrogen-bond donors (Lipinski definition) is 0. The molecule has 1 unspecified atom stereocenters. The molecule has 0 spiro atoms. The lowest BCUT2D eigenvalue weighted by atomic mass is 10.1. The molecule has 0 radical (unpaired) electrons. The summed E-state index contributed by atoms with van der Waals surface area (Å²) in [7, 11) is 0. The minimum Gasteiger partial charge on any atom is -0.451 e. The molecule has 0 N–H and O–H groups in total. The van der Waals surface area contributed by atoms with Crippen molar-refractivity contribution in [2.75, 3.05) is 0 Å². The normalized spacial score (nSPS) is 12.1. The Balaban J connectivity index is 1.94. The summed E-state index contributed by atoms with van der Waals surface area (Å²) in [5.41, 5.74) is 1.16. The van der Waals surface area contributed by atoms with E-state index in [4.69, 9.17) is 4.74 Å². The first kappa shape index (κ1) is 15.6. The molecule has 0 saturated heterocycles. The Kier molecular flexibility index (Phi) is 5.20. The van der Waals surface area contributed by atoms with Gasteiger partial charge in [0.2, 0.25) is 5.78 Å². The van der Waals surface area contributed by atoms with Crippen LogP contribution in [0.25, 0.3) is 6.08 Å². The number of ether oxygens (including phenoxy) is 1. The Morgan fingerprint density at radius 2 is 1.68 bits per heavy atom. The molecule has 0 heterocycles. The van der Waals surface area contributed by atoms with Crippen LogP contribution in [0.5, 0.6) is 0 Å². The van der Waals surface area contributed by atoms with Gasteiger partial charge in [0.25, 0.3) is 0 Å². The van der Waals surface area contributed by atoms with Crippen molar-refractivity contribution in [2.45, 2.75) is 13.0 Å². The molecule has 0 bridgehead atoms. The number of halogens is 1. The Morgan fingerprint density at radius 1 is 1.05 bits per heavy atom. The van der Waals surface area contributed by atoms with Gasteiger partial charge in [-0.05, 0) is 42.8 Å². The highest BCUT2D eigenvalue weighted by Gasteiger charge is 2.18. The smallest absolute Gasteiger partial charge is 0.331 e. The average molecular weight is 298 g/mol. The minimum atomic E-state index is -0.932. The predicted molar refractivity (Wildman–Crippen MR) is 81.8 cm³/mol. The first-order valence-corrected chi connectivity index (χ1v) is 6.80. The maximum absolute atomic E-state index is 12.8. The van der Waals surface area contributed by atoms with Gasteiger partial charge in [-0.3, -0.25) is 4.79 Å². The van der Waals surface area contributed by atoms with Crippen LogP contribution in [0.15, 0.2) is 60.7 Å². The summed E-state index contributed by atoms with van der Waals surface area (Å²) < 4.78 is 17.9. The van der Waals surface area contributed by atoms with Gasteiger partial charge in [0.05, 0.1) is 0 Å². The van der Waals surface area contributed by atoms with Crippen molar-refractivity contribution in [1.29, 1.82) is 0 Å². The molecule has 112 valence electrons. The zero-order chi connectivity index (χ0) is 15.9. The molecule has 0 aromatic heterocycles. The Bertz CT molecular complexity index is 675. The van der Waals surface area contributed by atoms with Gasteiger partial charge in [-0.25, -0.2) is 9.18 Å². The first-order valence-electron chi connectivity index (χ1n) is 6.80. The fourth-order valence-electron chi connectivity index (χ4n) is 1.84. The number of rotatable bonds is 5. The van der Waals surface area contributed by atoms with Crippen molar-refractivity contribution < 1.29 is 18.7 Å². The summed E-state index contributed by atoms with van der Waals surface area (Å²) in [5, 5.41) is 0. The van der Waals surface area contributed by atoms with Crippen LogP contribution < -0.4 is 0 Å². The van der Waals surface area contributed by atoms with Crippen LogP contribution in [0.4, 0.5) is 4.39 Å². The second kappa shape index (κ2) is 7.31. The summed E-state index contributed by atoms with van der Waals surface area (Å²) >= 11 is 0. The summed E-state index contributed by atoms with van der Waals surface area (Å²) in [6.45, 7) is 1.49. The molecule has 0 amide bonds. The van der Waals surface area contributed by atoms with Crippen LogP contribution in [0.2, 0.25) is 0 Å². The van der Waals surface area contributed by atoms with E-state index in [9.17, 15) is 14.0 Å². The predicted octanol–water partition coefficient (Wildman–Crippen LogP) is 3.65. The molecule has 0 fully saturated rings. The quantitative estimate of drug-likeness (QED) is 0.481. The topological polar surface area (TPSA) is 43.4 Å². The standard InChI is InChI=1S/C18H15FO3/c1-13(18(21)15-8-10-16(19)11-9-15)22-17(20)12-7-14-5-3-2-4-6-14/h2-13H,1H3/b12-7+. The zero-order valence-electron chi connectivity index (χ0n) is 12.0. The van der Waals surface area contributed by atoms with Gasteiger partial charge in [0, 0.05) is 11.6 Å². The lowest BCUT2D eigenvalue weighted by Gasteiger charge is -2.10. The molecule has 2 aromatic carbocycles. The molecular formula is C18H15FO3. The van der Waals surface area contributed by atoms with Crippen molar-refractivity contribution in [1.82, 2.24) is 0 Å². The molecule has 2 rings (SSSR count). The van der Waals surface area contributed by atoms with Crippen LogP contribution in [0.3, 0.4) is 0 Å². The van der Waals surface area contributed by atoms with Crippen molar-refractivity contribution in [3.05, 3.63) is 77.6 Å².